The molecule has 1 amide bonds. The summed E-state index contributed by atoms with van der Waals surface area (Å²) < 4.78 is 28.2. The van der Waals surface area contributed by atoms with E-state index in [4.69, 9.17) is 0 Å². The van der Waals surface area contributed by atoms with Crippen molar-refractivity contribution in [3.63, 3.8) is 0 Å². The van der Waals surface area contributed by atoms with Crippen LogP contribution >= 0.6 is 11.3 Å². The zero-order valence-corrected chi connectivity index (χ0v) is 18.7. The van der Waals surface area contributed by atoms with Gasteiger partial charge in [-0.2, -0.15) is 4.31 Å². The summed E-state index contributed by atoms with van der Waals surface area (Å²) in [5.41, 5.74) is 3.41. The number of sulfonamides is 1. The van der Waals surface area contributed by atoms with E-state index in [1.54, 1.807) is 11.4 Å². The Balaban J connectivity index is 1.33. The van der Waals surface area contributed by atoms with Crippen LogP contribution in [-0.2, 0) is 28.4 Å². The van der Waals surface area contributed by atoms with Crippen LogP contribution in [-0.4, -0.2) is 31.7 Å². The molecule has 0 atom stereocenters. The molecule has 1 aliphatic carbocycles. The van der Waals surface area contributed by atoms with Gasteiger partial charge >= 0.3 is 0 Å². The van der Waals surface area contributed by atoms with E-state index in [2.05, 4.69) is 17.4 Å². The summed E-state index contributed by atoms with van der Waals surface area (Å²) in [6.07, 6.45) is 2.74. The van der Waals surface area contributed by atoms with Gasteiger partial charge in [-0.15, -0.1) is 11.3 Å². The lowest BCUT2D eigenvalue weighted by molar-refractivity contribution is 0.0950. The fourth-order valence-corrected chi connectivity index (χ4v) is 7.06. The molecule has 2 aliphatic rings. The molecule has 1 aliphatic heterocycles. The monoisotopic (exact) mass is 452 g/mol. The second-order valence-corrected chi connectivity index (χ2v) is 11.1. The van der Waals surface area contributed by atoms with E-state index in [0.717, 1.165) is 18.4 Å². The molecule has 1 aromatic heterocycles. The number of nitrogens with zero attached hydrogens (tertiary/aromatic N) is 1. The number of fused-ring (bicyclic) bond motifs is 1. The first kappa shape index (κ1) is 20.4. The lowest BCUT2D eigenvalue weighted by atomic mass is 9.96. The fraction of sp³-hybridized carbons (Fsp3) is 0.292. The SMILES string of the molecule is O=C(NCC1(c2ccccc2)CC1)c1sccc1S(=O)(=O)N1CCc2ccccc2C1. The number of benzene rings is 2. The van der Waals surface area contributed by atoms with Crippen molar-refractivity contribution in [1.82, 2.24) is 9.62 Å². The highest BCUT2D eigenvalue weighted by molar-refractivity contribution is 7.89. The number of amides is 1. The Hall–Kier alpha value is -2.48. The minimum atomic E-state index is -3.74. The van der Waals surface area contributed by atoms with E-state index in [9.17, 15) is 13.2 Å². The number of hydrogen-bond donors (Lipinski definition) is 1. The smallest absolute Gasteiger partial charge is 0.262 e. The van der Waals surface area contributed by atoms with Crippen LogP contribution in [0.15, 0.2) is 70.9 Å². The Labute approximate surface area is 186 Å². The number of nitrogens with one attached hydrogen (secondary N) is 1. The van der Waals surface area contributed by atoms with Crippen LogP contribution in [0.5, 0.6) is 0 Å². The Kier molecular flexibility index (Phi) is 5.20. The topological polar surface area (TPSA) is 66.5 Å². The molecule has 1 N–H and O–H groups in total. The quantitative estimate of drug-likeness (QED) is 0.616. The van der Waals surface area contributed by atoms with Crippen LogP contribution < -0.4 is 5.32 Å². The Morgan fingerprint density at radius 3 is 2.45 bits per heavy atom. The minimum Gasteiger partial charge on any atom is -0.350 e. The van der Waals surface area contributed by atoms with Gasteiger partial charge in [0.05, 0.1) is 0 Å². The molecule has 160 valence electrons. The lowest BCUT2D eigenvalue weighted by Crippen LogP contribution is -2.37. The first-order valence-electron chi connectivity index (χ1n) is 10.5. The van der Waals surface area contributed by atoms with Gasteiger partial charge in [-0.1, -0.05) is 54.6 Å². The van der Waals surface area contributed by atoms with E-state index < -0.39 is 10.0 Å². The number of thiophene rings is 1. The van der Waals surface area contributed by atoms with E-state index in [-0.39, 0.29) is 21.1 Å². The molecule has 5 rings (SSSR count). The molecule has 7 heteroatoms. The van der Waals surface area contributed by atoms with E-state index in [1.165, 1.54) is 26.8 Å². The van der Waals surface area contributed by atoms with Crippen LogP contribution in [0.2, 0.25) is 0 Å². The van der Waals surface area contributed by atoms with E-state index in [1.807, 2.05) is 42.5 Å². The fourth-order valence-electron chi connectivity index (χ4n) is 4.32. The number of hydrogen-bond acceptors (Lipinski definition) is 4. The molecule has 1 fully saturated rings. The highest BCUT2D eigenvalue weighted by Crippen LogP contribution is 2.47. The van der Waals surface area contributed by atoms with Crippen molar-refractivity contribution in [2.24, 2.45) is 0 Å². The second kappa shape index (κ2) is 7.89. The summed E-state index contributed by atoms with van der Waals surface area (Å²) in [7, 11) is -3.74. The van der Waals surface area contributed by atoms with Gasteiger partial charge in [-0.25, -0.2) is 8.42 Å². The first-order chi connectivity index (χ1) is 15.0. The van der Waals surface area contributed by atoms with Crippen molar-refractivity contribution >= 4 is 27.3 Å². The third-order valence-electron chi connectivity index (χ3n) is 6.38. The average molecular weight is 453 g/mol. The van der Waals surface area contributed by atoms with Gasteiger partial charge in [-0.3, -0.25) is 4.79 Å². The van der Waals surface area contributed by atoms with Gasteiger partial charge in [0.15, 0.2) is 0 Å². The third-order valence-corrected chi connectivity index (χ3v) is 9.31. The van der Waals surface area contributed by atoms with Crippen molar-refractivity contribution in [3.05, 3.63) is 87.6 Å². The van der Waals surface area contributed by atoms with Crippen molar-refractivity contribution in [3.8, 4) is 0 Å². The van der Waals surface area contributed by atoms with E-state index >= 15 is 0 Å². The highest BCUT2D eigenvalue weighted by Gasteiger charge is 2.44. The molecule has 0 bridgehead atoms. The molecule has 2 heterocycles. The molecule has 1 saturated carbocycles. The summed E-state index contributed by atoms with van der Waals surface area (Å²) in [5.74, 6) is -0.312. The molecule has 2 aromatic carbocycles. The largest absolute Gasteiger partial charge is 0.350 e. The minimum absolute atomic E-state index is 0.0240. The van der Waals surface area contributed by atoms with Crippen LogP contribution in [0.1, 0.15) is 39.2 Å². The van der Waals surface area contributed by atoms with E-state index in [0.29, 0.717) is 26.1 Å². The Morgan fingerprint density at radius 1 is 1.00 bits per heavy atom. The van der Waals surface area contributed by atoms with Crippen molar-refractivity contribution < 1.29 is 13.2 Å². The zero-order chi connectivity index (χ0) is 21.5. The van der Waals surface area contributed by atoms with Crippen molar-refractivity contribution in [1.29, 1.82) is 0 Å². The second-order valence-electron chi connectivity index (χ2n) is 8.30. The van der Waals surface area contributed by atoms with Crippen LogP contribution in [0, 0.1) is 0 Å². The summed E-state index contributed by atoms with van der Waals surface area (Å²) in [4.78, 5) is 13.4. The number of carbonyl (C=O) groups is 1. The molecule has 3 aromatic rings. The molecule has 31 heavy (non-hydrogen) atoms. The molecular formula is C24H24N2O3S2. The molecule has 0 radical (unpaired) electrons. The van der Waals surface area contributed by atoms with Crippen molar-refractivity contribution in [2.45, 2.75) is 36.1 Å². The Bertz CT molecular complexity index is 1210. The molecular weight excluding hydrogens is 428 g/mol. The van der Waals surface area contributed by atoms with Gasteiger partial charge in [0.2, 0.25) is 10.0 Å². The van der Waals surface area contributed by atoms with Gasteiger partial charge < -0.3 is 5.32 Å². The standard InChI is InChI=1S/C24H24N2O3S2/c27-23(25-17-24(12-13-24)20-8-2-1-3-9-20)22-21(11-15-30-22)31(28,29)26-14-10-18-6-4-5-7-19(18)16-26/h1-9,11,15H,10,12-14,16-17H2,(H,25,27). The van der Waals surface area contributed by atoms with Crippen LogP contribution in [0.25, 0.3) is 0 Å². The summed E-state index contributed by atoms with van der Waals surface area (Å²) in [5, 5.41) is 4.69. The number of carbonyl (C=O) groups excluding carboxylic acids is 1. The van der Waals surface area contributed by atoms with Crippen LogP contribution in [0.4, 0.5) is 0 Å². The average Bonchev–Trinajstić information content (AvgIpc) is 3.43. The normalized spacial score (nSPS) is 17.7. The first-order valence-corrected chi connectivity index (χ1v) is 12.8. The lowest BCUT2D eigenvalue weighted by Gasteiger charge is -2.28. The van der Waals surface area contributed by atoms with Gasteiger partial charge in [0.25, 0.3) is 5.91 Å². The summed E-state index contributed by atoms with van der Waals surface area (Å²) in [6.45, 7) is 1.28. The predicted molar refractivity (Wildman–Crippen MR) is 122 cm³/mol. The highest BCUT2D eigenvalue weighted by atomic mass is 32.2. The van der Waals surface area contributed by atoms with Gasteiger partial charge in [0.1, 0.15) is 9.77 Å². The number of rotatable bonds is 6. The maximum absolute atomic E-state index is 13.4. The third kappa shape index (κ3) is 3.82. The molecule has 0 spiro atoms. The van der Waals surface area contributed by atoms with Gasteiger partial charge in [-0.05, 0) is 47.4 Å². The predicted octanol–water partition coefficient (Wildman–Crippen LogP) is 3.96. The molecule has 0 saturated heterocycles. The zero-order valence-electron chi connectivity index (χ0n) is 17.1. The Morgan fingerprint density at radius 2 is 1.71 bits per heavy atom. The summed E-state index contributed by atoms with van der Waals surface area (Å²) >= 11 is 1.18. The molecule has 0 unspecified atom stereocenters. The van der Waals surface area contributed by atoms with Crippen LogP contribution in [0.3, 0.4) is 0 Å². The summed E-state index contributed by atoms with van der Waals surface area (Å²) in [6, 6.07) is 19.7. The van der Waals surface area contributed by atoms with Crippen molar-refractivity contribution in [2.75, 3.05) is 13.1 Å². The maximum atomic E-state index is 13.4. The van der Waals surface area contributed by atoms with Gasteiger partial charge in [0, 0.05) is 25.0 Å². The maximum Gasteiger partial charge on any atom is 0.262 e. The molecule has 5 nitrogen and oxygen atoms in total.